The number of anilines is 1. The third-order valence-electron chi connectivity index (χ3n) is 3.40. The minimum atomic E-state index is -0.721. The van der Waals surface area contributed by atoms with Crippen LogP contribution in [0.5, 0.6) is 0 Å². The second-order valence-electron chi connectivity index (χ2n) is 5.18. The van der Waals surface area contributed by atoms with Crippen LogP contribution in [-0.2, 0) is 14.3 Å². The third-order valence-corrected chi connectivity index (χ3v) is 5.87. The number of rotatable bonds is 7. The van der Waals surface area contributed by atoms with E-state index >= 15 is 0 Å². The van der Waals surface area contributed by atoms with Crippen LogP contribution >= 0.6 is 0 Å². The Hall–Kier alpha value is -1.29. The van der Waals surface area contributed by atoms with E-state index in [2.05, 4.69) is 4.98 Å². The third kappa shape index (κ3) is 4.37. The van der Waals surface area contributed by atoms with E-state index in [0.717, 1.165) is 0 Å². The molecule has 1 saturated heterocycles. The Bertz CT molecular complexity index is 611. The molecule has 4 atom stereocenters. The second kappa shape index (κ2) is 8.00. The van der Waals surface area contributed by atoms with Crippen LogP contribution in [0.3, 0.4) is 0 Å². The van der Waals surface area contributed by atoms with E-state index in [0.29, 0.717) is 16.1 Å². The number of aliphatic hydroxyl groups excluding tert-OH is 1. The molecule has 1 aliphatic rings. The maximum absolute atomic E-state index is 12.0. The Morgan fingerprint density at radius 1 is 1.70 bits per heavy atom. The molecule has 2 heterocycles. The summed E-state index contributed by atoms with van der Waals surface area (Å²) in [5.74, 6) is 0.135. The van der Waals surface area contributed by atoms with E-state index in [9.17, 15) is 14.7 Å². The molecule has 1 aromatic rings. The molecule has 5 N–H and O–H groups in total. The maximum atomic E-state index is 12.0. The molecule has 0 unspecified atom stereocenters. The van der Waals surface area contributed by atoms with Crippen molar-refractivity contribution in [3.8, 4) is 0 Å². The molecule has 1 fully saturated rings. The van der Waals surface area contributed by atoms with Gasteiger partial charge in [-0.2, -0.15) is 0 Å². The Labute approximate surface area is 139 Å². The van der Waals surface area contributed by atoms with Gasteiger partial charge in [0.2, 0.25) is 0 Å². The van der Waals surface area contributed by atoms with Crippen LogP contribution in [0.25, 0.3) is 0 Å². The van der Waals surface area contributed by atoms with Crippen molar-refractivity contribution in [1.82, 2.24) is 9.55 Å². The summed E-state index contributed by atoms with van der Waals surface area (Å²) in [4.78, 5) is 26.4. The average Bonchev–Trinajstić information content (AvgIpc) is 2.87. The molecule has 0 amide bonds. The molecular weight excluding hydrogens is 371 g/mol. The molecule has 0 aliphatic carbocycles. The van der Waals surface area contributed by atoms with E-state index in [1.807, 2.05) is 0 Å². The predicted molar refractivity (Wildman–Crippen MR) is 83.6 cm³/mol. The number of methoxy groups -OCH3 is 1. The zero-order valence-corrected chi connectivity index (χ0v) is 14.3. The van der Waals surface area contributed by atoms with Crippen molar-refractivity contribution < 1.29 is 19.4 Å². The van der Waals surface area contributed by atoms with Crippen molar-refractivity contribution in [2.75, 3.05) is 19.5 Å². The number of carbonyl (C=O) groups is 1. The zero-order chi connectivity index (χ0) is 17.0. The van der Waals surface area contributed by atoms with Crippen molar-refractivity contribution in [2.45, 2.75) is 36.2 Å². The van der Waals surface area contributed by atoms with Gasteiger partial charge in [-0.1, -0.05) is 0 Å². The van der Waals surface area contributed by atoms with Gasteiger partial charge in [-0.05, 0) is 0 Å². The summed E-state index contributed by atoms with van der Waals surface area (Å²) in [6.07, 6.45) is 0.677. The van der Waals surface area contributed by atoms with Gasteiger partial charge in [0.05, 0.1) is 0 Å². The molecule has 0 spiro atoms. The standard InChI is InChI=1S/C13H20N4O5Se/c1-21-5-9-8(19)2-11(22-9)17-3-10(12(15)16-13(17)20)23-6-7(14)4-18/h3-4,7-9,11,19H,2,5-6,14H2,1H3,(H2,15,16,20)/t7-,8+,9-,11-/m1/s1. The van der Waals surface area contributed by atoms with Gasteiger partial charge < -0.3 is 0 Å². The summed E-state index contributed by atoms with van der Waals surface area (Å²) in [5, 5.41) is 10.4. The number of nitrogen functional groups attached to an aromatic ring is 1. The first-order valence-corrected chi connectivity index (χ1v) is 9.07. The van der Waals surface area contributed by atoms with Gasteiger partial charge in [0.15, 0.2) is 0 Å². The molecule has 23 heavy (non-hydrogen) atoms. The summed E-state index contributed by atoms with van der Waals surface area (Å²) < 4.78 is 12.6. The molecule has 0 saturated carbocycles. The summed E-state index contributed by atoms with van der Waals surface area (Å²) in [6.45, 7) is 0.236. The summed E-state index contributed by atoms with van der Waals surface area (Å²) in [5.41, 5.74) is 10.8. The van der Waals surface area contributed by atoms with E-state index in [1.54, 1.807) is 6.20 Å². The van der Waals surface area contributed by atoms with Crippen molar-refractivity contribution in [1.29, 1.82) is 0 Å². The molecule has 0 aromatic carbocycles. The number of aromatic nitrogens is 2. The number of aliphatic hydroxyl groups is 1. The van der Waals surface area contributed by atoms with Crippen molar-refractivity contribution in [3.05, 3.63) is 16.7 Å². The molecule has 10 heteroatoms. The summed E-state index contributed by atoms with van der Waals surface area (Å²) >= 11 is -0.198. The Balaban J connectivity index is 2.19. The number of hydrogen-bond donors (Lipinski definition) is 3. The Kier molecular flexibility index (Phi) is 6.28. The first-order chi connectivity index (χ1) is 11.0. The SMILES string of the molecule is COC[C@H]1O[C@@H](n2cc([Se]C[C@H](N)C=O)c(N)nc2=O)C[C@@H]1O. The van der Waals surface area contributed by atoms with Gasteiger partial charge in [-0.15, -0.1) is 0 Å². The fraction of sp³-hybridized carbons (Fsp3) is 0.615. The summed E-state index contributed by atoms with van der Waals surface area (Å²) in [6, 6.07) is -0.564. The Morgan fingerprint density at radius 3 is 3.09 bits per heavy atom. The van der Waals surface area contributed by atoms with Gasteiger partial charge in [-0.3, -0.25) is 0 Å². The van der Waals surface area contributed by atoms with Crippen molar-refractivity contribution >= 4 is 31.5 Å². The fourth-order valence-electron chi connectivity index (χ4n) is 2.21. The molecule has 9 nitrogen and oxygen atoms in total. The van der Waals surface area contributed by atoms with E-state index in [4.69, 9.17) is 20.9 Å². The Morgan fingerprint density at radius 2 is 2.43 bits per heavy atom. The van der Waals surface area contributed by atoms with Crippen LogP contribution in [0.4, 0.5) is 5.82 Å². The van der Waals surface area contributed by atoms with Gasteiger partial charge in [-0.25, -0.2) is 0 Å². The van der Waals surface area contributed by atoms with Crippen LogP contribution in [-0.4, -0.2) is 67.9 Å². The fourth-order valence-corrected chi connectivity index (χ4v) is 3.95. The minimum absolute atomic E-state index is 0.135. The number of nitrogens with two attached hydrogens (primary N) is 2. The van der Waals surface area contributed by atoms with E-state index < -0.39 is 30.2 Å². The molecule has 2 rings (SSSR count). The zero-order valence-electron chi connectivity index (χ0n) is 12.6. The quantitative estimate of drug-likeness (QED) is 0.339. The van der Waals surface area contributed by atoms with Crippen LogP contribution in [0.2, 0.25) is 5.32 Å². The van der Waals surface area contributed by atoms with E-state index in [-0.39, 0.29) is 33.8 Å². The first kappa shape index (κ1) is 18.1. The first-order valence-electron chi connectivity index (χ1n) is 7.01. The van der Waals surface area contributed by atoms with Gasteiger partial charge >= 0.3 is 139 Å². The van der Waals surface area contributed by atoms with Crippen molar-refractivity contribution in [2.24, 2.45) is 5.73 Å². The number of hydrogen-bond acceptors (Lipinski definition) is 8. The van der Waals surface area contributed by atoms with Crippen LogP contribution < -0.4 is 21.6 Å². The number of aldehydes is 1. The monoisotopic (exact) mass is 392 g/mol. The van der Waals surface area contributed by atoms with Gasteiger partial charge in [0, 0.05) is 0 Å². The molecule has 1 aromatic heterocycles. The number of carbonyl (C=O) groups excluding carboxylic acids is 1. The van der Waals surface area contributed by atoms with E-state index in [1.165, 1.54) is 11.7 Å². The van der Waals surface area contributed by atoms with Crippen LogP contribution in [0.15, 0.2) is 11.0 Å². The van der Waals surface area contributed by atoms with Gasteiger partial charge in [0.25, 0.3) is 0 Å². The van der Waals surface area contributed by atoms with Crippen LogP contribution in [0.1, 0.15) is 12.6 Å². The van der Waals surface area contributed by atoms with Crippen molar-refractivity contribution in [3.63, 3.8) is 0 Å². The summed E-state index contributed by atoms with van der Waals surface area (Å²) in [7, 11) is 1.51. The molecule has 1 aliphatic heterocycles. The second-order valence-corrected chi connectivity index (χ2v) is 7.41. The molecule has 128 valence electrons. The number of nitrogens with zero attached hydrogens (tertiary/aromatic N) is 2. The topological polar surface area (TPSA) is 143 Å². The molecule has 0 radical (unpaired) electrons. The normalized spacial score (nSPS) is 25.4. The number of ether oxygens (including phenoxy) is 2. The predicted octanol–water partition coefficient (Wildman–Crippen LogP) is -2.61. The molecule has 0 bridgehead atoms. The molecular formula is C13H20N4O5Se. The van der Waals surface area contributed by atoms with Crippen LogP contribution in [0, 0.1) is 0 Å². The average molecular weight is 391 g/mol. The van der Waals surface area contributed by atoms with Gasteiger partial charge in [0.1, 0.15) is 0 Å².